The maximum atomic E-state index is 12.9. The molecule has 0 bridgehead atoms. The van der Waals surface area contributed by atoms with Crippen molar-refractivity contribution in [3.05, 3.63) is 76.2 Å². The van der Waals surface area contributed by atoms with Gasteiger partial charge in [-0.15, -0.1) is 0 Å². The zero-order valence-electron chi connectivity index (χ0n) is 15.8. The summed E-state index contributed by atoms with van der Waals surface area (Å²) in [5, 5.41) is 4.21. The van der Waals surface area contributed by atoms with Crippen LogP contribution < -0.4 is 10.9 Å². The summed E-state index contributed by atoms with van der Waals surface area (Å²) < 4.78 is 3.33. The van der Waals surface area contributed by atoms with Gasteiger partial charge < -0.3 is 14.5 Å². The van der Waals surface area contributed by atoms with Crippen molar-refractivity contribution in [2.24, 2.45) is 14.1 Å². The van der Waals surface area contributed by atoms with E-state index >= 15 is 0 Å². The van der Waals surface area contributed by atoms with Gasteiger partial charge in [-0.2, -0.15) is 0 Å². The number of benzene rings is 2. The Morgan fingerprint density at radius 2 is 1.64 bits per heavy atom. The van der Waals surface area contributed by atoms with Crippen molar-refractivity contribution in [1.29, 1.82) is 0 Å². The molecular weight excluding hydrogens is 354 g/mol. The number of hydrogen-bond acceptors (Lipinski definition) is 3. The van der Waals surface area contributed by atoms with Gasteiger partial charge in [0.1, 0.15) is 5.69 Å². The van der Waals surface area contributed by atoms with Crippen LogP contribution in [0.3, 0.4) is 0 Å². The van der Waals surface area contributed by atoms with E-state index in [9.17, 15) is 14.4 Å². The molecule has 0 aliphatic carbocycles. The first-order valence-electron chi connectivity index (χ1n) is 8.88. The van der Waals surface area contributed by atoms with Gasteiger partial charge in [-0.3, -0.25) is 14.4 Å². The monoisotopic (exact) mass is 373 g/mol. The maximum Gasteiger partial charge on any atom is 0.272 e. The van der Waals surface area contributed by atoms with Crippen LogP contribution >= 0.6 is 0 Å². The lowest BCUT2D eigenvalue weighted by molar-refractivity contribution is 0.100. The summed E-state index contributed by atoms with van der Waals surface area (Å²) in [6.45, 7) is 1.48. The summed E-state index contributed by atoms with van der Waals surface area (Å²) in [4.78, 5) is 37.2. The number of nitrogens with zero attached hydrogens (tertiary/aromatic N) is 2. The molecule has 1 amide bonds. The van der Waals surface area contributed by atoms with Crippen LogP contribution in [0.15, 0.2) is 59.4 Å². The highest BCUT2D eigenvalue weighted by molar-refractivity contribution is 6.11. The van der Waals surface area contributed by atoms with Crippen molar-refractivity contribution in [1.82, 2.24) is 9.13 Å². The SMILES string of the molecule is CC(=O)c1cccc(NC(=O)c2cc3c(=O)n(C)c4ccccc4c3n2C)c1. The van der Waals surface area contributed by atoms with Gasteiger partial charge in [0.15, 0.2) is 5.78 Å². The van der Waals surface area contributed by atoms with Crippen LogP contribution in [0.1, 0.15) is 27.8 Å². The molecule has 1 N–H and O–H groups in total. The first kappa shape index (κ1) is 17.7. The molecule has 0 aliphatic heterocycles. The number of hydrogen-bond donors (Lipinski definition) is 1. The molecule has 0 fully saturated rings. The van der Waals surface area contributed by atoms with Gasteiger partial charge in [0.25, 0.3) is 11.5 Å². The summed E-state index contributed by atoms with van der Waals surface area (Å²) in [5.74, 6) is -0.416. The summed E-state index contributed by atoms with van der Waals surface area (Å²) in [6.07, 6.45) is 0. The molecule has 2 aromatic carbocycles. The second-order valence-electron chi connectivity index (χ2n) is 6.82. The Balaban J connectivity index is 1.85. The number of nitrogens with one attached hydrogen (secondary N) is 1. The lowest BCUT2D eigenvalue weighted by Gasteiger charge is -2.09. The van der Waals surface area contributed by atoms with E-state index < -0.39 is 0 Å². The molecular formula is C22H19N3O3. The Morgan fingerprint density at radius 3 is 2.39 bits per heavy atom. The van der Waals surface area contributed by atoms with E-state index in [0.29, 0.717) is 22.3 Å². The summed E-state index contributed by atoms with van der Waals surface area (Å²) in [7, 11) is 3.50. The van der Waals surface area contributed by atoms with Gasteiger partial charge in [0.2, 0.25) is 0 Å². The van der Waals surface area contributed by atoms with E-state index in [0.717, 1.165) is 16.4 Å². The molecule has 2 aromatic heterocycles. The van der Waals surface area contributed by atoms with Crippen molar-refractivity contribution in [3.63, 3.8) is 0 Å². The van der Waals surface area contributed by atoms with Gasteiger partial charge in [-0.25, -0.2) is 0 Å². The molecule has 4 rings (SSSR count). The van der Waals surface area contributed by atoms with Crippen LogP contribution in [-0.4, -0.2) is 20.8 Å². The van der Waals surface area contributed by atoms with Crippen LogP contribution in [0.5, 0.6) is 0 Å². The van der Waals surface area contributed by atoms with Gasteiger partial charge >= 0.3 is 0 Å². The Hall–Kier alpha value is -3.67. The molecule has 0 atom stereocenters. The first-order chi connectivity index (χ1) is 13.4. The molecule has 4 aromatic rings. The number of pyridine rings is 1. The van der Waals surface area contributed by atoms with E-state index in [1.807, 2.05) is 24.3 Å². The van der Waals surface area contributed by atoms with E-state index in [1.165, 1.54) is 6.92 Å². The number of para-hydroxylation sites is 1. The zero-order chi connectivity index (χ0) is 20.0. The minimum Gasteiger partial charge on any atom is -0.339 e. The fraction of sp³-hybridized carbons (Fsp3) is 0.136. The molecule has 6 nitrogen and oxygen atoms in total. The summed E-state index contributed by atoms with van der Waals surface area (Å²) in [5.41, 5.74) is 2.80. The van der Waals surface area contributed by atoms with Gasteiger partial charge in [0, 0.05) is 30.7 Å². The van der Waals surface area contributed by atoms with Crippen LogP contribution in [0, 0.1) is 0 Å². The third kappa shape index (κ3) is 2.70. The number of rotatable bonds is 3. The van der Waals surface area contributed by atoms with Crippen molar-refractivity contribution in [2.45, 2.75) is 6.92 Å². The molecule has 0 radical (unpaired) electrons. The fourth-order valence-electron chi connectivity index (χ4n) is 3.58. The van der Waals surface area contributed by atoms with Gasteiger partial charge in [0.05, 0.1) is 16.4 Å². The highest BCUT2D eigenvalue weighted by atomic mass is 16.2. The van der Waals surface area contributed by atoms with Gasteiger partial charge in [-0.05, 0) is 31.2 Å². The van der Waals surface area contributed by atoms with Crippen molar-refractivity contribution in [2.75, 3.05) is 5.32 Å². The maximum absolute atomic E-state index is 12.9. The minimum atomic E-state index is -0.342. The molecule has 0 unspecified atom stereocenters. The highest BCUT2D eigenvalue weighted by Gasteiger charge is 2.19. The summed E-state index contributed by atoms with van der Waals surface area (Å²) >= 11 is 0. The number of amides is 1. The number of carbonyl (C=O) groups excluding carboxylic acids is 2. The predicted octanol–water partition coefficient (Wildman–Crippen LogP) is 3.49. The largest absolute Gasteiger partial charge is 0.339 e. The average Bonchev–Trinajstić information content (AvgIpc) is 3.04. The van der Waals surface area contributed by atoms with Crippen LogP contribution in [0.25, 0.3) is 21.8 Å². The second kappa shape index (κ2) is 6.49. The van der Waals surface area contributed by atoms with E-state index in [2.05, 4.69) is 5.32 Å². The van der Waals surface area contributed by atoms with Crippen LogP contribution in [0.2, 0.25) is 0 Å². The molecule has 2 heterocycles. The summed E-state index contributed by atoms with van der Waals surface area (Å²) in [6, 6.07) is 16.0. The van der Waals surface area contributed by atoms with Crippen LogP contribution in [-0.2, 0) is 14.1 Å². The number of ketones is 1. The minimum absolute atomic E-state index is 0.0735. The Kier molecular flexibility index (Phi) is 4.11. The number of anilines is 1. The lowest BCUT2D eigenvalue weighted by atomic mass is 10.1. The number of aryl methyl sites for hydroxylation is 2. The van der Waals surface area contributed by atoms with E-state index in [-0.39, 0.29) is 17.2 Å². The third-order valence-electron chi connectivity index (χ3n) is 5.05. The smallest absolute Gasteiger partial charge is 0.272 e. The first-order valence-corrected chi connectivity index (χ1v) is 8.88. The fourth-order valence-corrected chi connectivity index (χ4v) is 3.58. The number of carbonyl (C=O) groups is 2. The topological polar surface area (TPSA) is 73.1 Å². The molecule has 140 valence electrons. The Morgan fingerprint density at radius 1 is 0.893 bits per heavy atom. The van der Waals surface area contributed by atoms with E-state index in [4.69, 9.17) is 0 Å². The molecule has 0 saturated heterocycles. The molecule has 0 saturated carbocycles. The lowest BCUT2D eigenvalue weighted by Crippen LogP contribution is -2.17. The quantitative estimate of drug-likeness (QED) is 0.559. The predicted molar refractivity (Wildman–Crippen MR) is 110 cm³/mol. The standard InChI is InChI=1S/C22H19N3O3/c1-13(26)14-7-6-8-15(11-14)23-21(27)19-12-17-20(24(19)2)16-9-4-5-10-18(16)25(3)22(17)28/h4-12H,1-3H3,(H,23,27). The number of fused-ring (bicyclic) bond motifs is 3. The Bertz CT molecular complexity index is 1330. The number of Topliss-reactive ketones (excluding diaryl/α,β-unsaturated/α-hetero) is 1. The van der Waals surface area contributed by atoms with Crippen molar-refractivity contribution in [3.8, 4) is 0 Å². The molecule has 28 heavy (non-hydrogen) atoms. The highest BCUT2D eigenvalue weighted by Crippen LogP contribution is 2.25. The van der Waals surface area contributed by atoms with E-state index in [1.54, 1.807) is 53.6 Å². The Labute approximate surface area is 161 Å². The molecule has 0 spiro atoms. The normalized spacial score (nSPS) is 11.1. The van der Waals surface area contributed by atoms with Crippen molar-refractivity contribution < 1.29 is 9.59 Å². The molecule has 0 aliphatic rings. The van der Waals surface area contributed by atoms with Crippen LogP contribution in [0.4, 0.5) is 5.69 Å². The second-order valence-corrected chi connectivity index (χ2v) is 6.82. The average molecular weight is 373 g/mol. The number of aromatic nitrogens is 2. The van der Waals surface area contributed by atoms with Gasteiger partial charge in [-0.1, -0.05) is 30.3 Å². The van der Waals surface area contributed by atoms with Crippen molar-refractivity contribution >= 4 is 39.2 Å². The zero-order valence-corrected chi connectivity index (χ0v) is 15.8. The third-order valence-corrected chi connectivity index (χ3v) is 5.05. The molecule has 6 heteroatoms.